The highest BCUT2D eigenvalue weighted by molar-refractivity contribution is 7.99. The second kappa shape index (κ2) is 8.46. The minimum atomic E-state index is -0.0241. The van der Waals surface area contributed by atoms with E-state index in [4.69, 9.17) is 4.98 Å². The highest BCUT2D eigenvalue weighted by Crippen LogP contribution is 2.25. The molecule has 0 aliphatic carbocycles. The van der Waals surface area contributed by atoms with Gasteiger partial charge in [0.15, 0.2) is 5.16 Å². The molecule has 1 saturated heterocycles. The molecule has 2 atom stereocenters. The molecule has 27 heavy (non-hydrogen) atoms. The van der Waals surface area contributed by atoms with Crippen LogP contribution in [0.15, 0.2) is 34.2 Å². The van der Waals surface area contributed by atoms with E-state index in [1.165, 1.54) is 18.2 Å². The minimum Gasteiger partial charge on any atom is -0.337 e. The maximum absolute atomic E-state index is 12.9. The van der Waals surface area contributed by atoms with Crippen LogP contribution < -0.4 is 5.56 Å². The minimum absolute atomic E-state index is 0.0241. The number of carbonyl (C=O) groups is 1. The summed E-state index contributed by atoms with van der Waals surface area (Å²) in [6.07, 6.45) is 3.31. The Morgan fingerprint density at radius 1 is 1.22 bits per heavy atom. The van der Waals surface area contributed by atoms with Crippen LogP contribution in [0.25, 0.3) is 10.9 Å². The van der Waals surface area contributed by atoms with E-state index in [1.807, 2.05) is 29.2 Å². The van der Waals surface area contributed by atoms with Gasteiger partial charge in [-0.15, -0.1) is 0 Å². The van der Waals surface area contributed by atoms with Crippen LogP contribution in [0, 0.1) is 5.92 Å². The molecule has 0 bridgehead atoms. The Bertz CT molecular complexity index is 867. The maximum Gasteiger partial charge on any atom is 0.262 e. The van der Waals surface area contributed by atoms with E-state index in [-0.39, 0.29) is 23.6 Å². The van der Waals surface area contributed by atoms with Gasteiger partial charge < -0.3 is 4.90 Å². The van der Waals surface area contributed by atoms with Gasteiger partial charge in [-0.05, 0) is 51.2 Å². The second-order valence-electron chi connectivity index (χ2n) is 7.94. The Balaban J connectivity index is 1.87. The number of piperidine rings is 1. The summed E-state index contributed by atoms with van der Waals surface area (Å²) < 4.78 is 1.73. The third-order valence-electron chi connectivity index (χ3n) is 5.18. The molecule has 3 rings (SSSR count). The summed E-state index contributed by atoms with van der Waals surface area (Å²) >= 11 is 1.38. The summed E-state index contributed by atoms with van der Waals surface area (Å²) in [5.41, 5.74) is 0.668. The van der Waals surface area contributed by atoms with E-state index in [2.05, 4.69) is 27.7 Å². The quantitative estimate of drug-likeness (QED) is 0.576. The second-order valence-corrected chi connectivity index (χ2v) is 8.88. The molecule has 1 aromatic heterocycles. The Hall–Kier alpha value is -1.82. The Morgan fingerprint density at radius 2 is 1.89 bits per heavy atom. The van der Waals surface area contributed by atoms with Crippen molar-refractivity contribution in [2.45, 2.75) is 70.7 Å². The van der Waals surface area contributed by atoms with Crippen LogP contribution in [0.4, 0.5) is 0 Å². The van der Waals surface area contributed by atoms with Crippen molar-refractivity contribution < 1.29 is 4.79 Å². The highest BCUT2D eigenvalue weighted by Gasteiger charge is 2.29. The molecule has 1 aromatic carbocycles. The van der Waals surface area contributed by atoms with E-state index < -0.39 is 0 Å². The Kier molecular flexibility index (Phi) is 6.25. The van der Waals surface area contributed by atoms with Gasteiger partial charge in [0.1, 0.15) is 0 Å². The van der Waals surface area contributed by atoms with Crippen LogP contribution in [0.5, 0.6) is 0 Å². The molecule has 0 saturated carbocycles. The van der Waals surface area contributed by atoms with Crippen molar-refractivity contribution in [2.24, 2.45) is 5.92 Å². The number of amides is 1. The molecule has 1 aliphatic rings. The largest absolute Gasteiger partial charge is 0.337 e. The first-order valence-corrected chi connectivity index (χ1v) is 10.8. The zero-order valence-corrected chi connectivity index (χ0v) is 17.5. The fourth-order valence-corrected chi connectivity index (χ4v) is 4.78. The predicted octanol–water partition coefficient (Wildman–Crippen LogP) is 3.93. The zero-order chi connectivity index (χ0) is 19.6. The SMILES string of the molecule is CC(C)Cn1c(SCC(=O)N2[C@@H](C)CCC[C@@H]2C)nc2ccccc2c1=O. The highest BCUT2D eigenvalue weighted by atomic mass is 32.2. The van der Waals surface area contributed by atoms with Gasteiger partial charge in [0, 0.05) is 18.6 Å². The standard InChI is InChI=1S/C21H29N3O2S/c1-14(2)12-23-20(26)17-10-5-6-11-18(17)22-21(23)27-13-19(25)24-15(3)8-7-9-16(24)4/h5-6,10-11,14-16H,7-9,12-13H2,1-4H3/t15-,16-/m0/s1. The van der Waals surface area contributed by atoms with Gasteiger partial charge in [-0.1, -0.05) is 37.7 Å². The van der Waals surface area contributed by atoms with E-state index in [0.717, 1.165) is 12.8 Å². The molecule has 146 valence electrons. The lowest BCUT2D eigenvalue weighted by molar-refractivity contribution is -0.134. The van der Waals surface area contributed by atoms with Gasteiger partial charge in [0.2, 0.25) is 5.91 Å². The number of hydrogen-bond acceptors (Lipinski definition) is 4. The fourth-order valence-electron chi connectivity index (χ4n) is 3.90. The molecule has 6 heteroatoms. The van der Waals surface area contributed by atoms with Crippen molar-refractivity contribution in [3.8, 4) is 0 Å². The van der Waals surface area contributed by atoms with Gasteiger partial charge in [0.05, 0.1) is 16.7 Å². The lowest BCUT2D eigenvalue weighted by Gasteiger charge is -2.39. The molecule has 1 aliphatic heterocycles. The fraction of sp³-hybridized carbons (Fsp3) is 0.571. The summed E-state index contributed by atoms with van der Waals surface area (Å²) in [6, 6.07) is 7.99. The first kappa shape index (κ1) is 19.9. The zero-order valence-electron chi connectivity index (χ0n) is 16.6. The molecule has 0 radical (unpaired) electrons. The Labute approximate surface area is 165 Å². The van der Waals surface area contributed by atoms with Gasteiger partial charge >= 0.3 is 0 Å². The van der Waals surface area contributed by atoms with Crippen LogP contribution in [-0.2, 0) is 11.3 Å². The number of aromatic nitrogens is 2. The number of hydrogen-bond donors (Lipinski definition) is 0. The van der Waals surface area contributed by atoms with Crippen molar-refractivity contribution in [3.63, 3.8) is 0 Å². The van der Waals surface area contributed by atoms with Crippen molar-refractivity contribution in [1.29, 1.82) is 0 Å². The van der Waals surface area contributed by atoms with Gasteiger partial charge in [-0.3, -0.25) is 14.2 Å². The molecule has 2 aromatic rings. The van der Waals surface area contributed by atoms with Gasteiger partial charge in [-0.2, -0.15) is 0 Å². The summed E-state index contributed by atoms with van der Waals surface area (Å²) in [6.45, 7) is 9.02. The third kappa shape index (κ3) is 4.37. The van der Waals surface area contributed by atoms with E-state index in [1.54, 1.807) is 4.57 Å². The lowest BCUT2D eigenvalue weighted by atomic mass is 9.98. The molecule has 0 unspecified atom stereocenters. The van der Waals surface area contributed by atoms with Gasteiger partial charge in [-0.25, -0.2) is 4.98 Å². The molecule has 0 N–H and O–H groups in total. The topological polar surface area (TPSA) is 55.2 Å². The molecule has 0 spiro atoms. The molecular formula is C21H29N3O2S. The summed E-state index contributed by atoms with van der Waals surface area (Å²) in [5, 5.41) is 1.27. The number of para-hydroxylation sites is 1. The van der Waals surface area contributed by atoms with Crippen LogP contribution in [-0.4, -0.2) is 38.2 Å². The molecule has 1 amide bonds. The molecular weight excluding hydrogens is 358 g/mol. The maximum atomic E-state index is 12.9. The van der Waals surface area contributed by atoms with Crippen LogP contribution >= 0.6 is 11.8 Å². The van der Waals surface area contributed by atoms with E-state index in [0.29, 0.717) is 34.3 Å². The van der Waals surface area contributed by atoms with Crippen LogP contribution in [0.1, 0.15) is 47.0 Å². The first-order valence-electron chi connectivity index (χ1n) is 9.82. The summed E-state index contributed by atoms with van der Waals surface area (Å²) in [5.74, 6) is 0.776. The molecule has 1 fully saturated rings. The number of rotatable bonds is 5. The molecule has 2 heterocycles. The third-order valence-corrected chi connectivity index (χ3v) is 6.14. The predicted molar refractivity (Wildman–Crippen MR) is 111 cm³/mol. The average molecular weight is 388 g/mol. The average Bonchev–Trinajstić information content (AvgIpc) is 2.62. The van der Waals surface area contributed by atoms with Crippen molar-refractivity contribution >= 4 is 28.6 Å². The number of carbonyl (C=O) groups excluding carboxylic acids is 1. The summed E-state index contributed by atoms with van der Waals surface area (Å²) in [4.78, 5) is 32.5. The number of fused-ring (bicyclic) bond motifs is 1. The first-order chi connectivity index (χ1) is 12.9. The van der Waals surface area contributed by atoms with E-state index >= 15 is 0 Å². The lowest BCUT2D eigenvalue weighted by Crippen LogP contribution is -2.48. The van der Waals surface area contributed by atoms with Crippen LogP contribution in [0.2, 0.25) is 0 Å². The number of nitrogens with zero attached hydrogens (tertiary/aromatic N) is 3. The number of likely N-dealkylation sites (tertiary alicyclic amines) is 1. The Morgan fingerprint density at radius 3 is 2.56 bits per heavy atom. The number of thioether (sulfide) groups is 1. The van der Waals surface area contributed by atoms with Crippen LogP contribution in [0.3, 0.4) is 0 Å². The van der Waals surface area contributed by atoms with Crippen molar-refractivity contribution in [2.75, 3.05) is 5.75 Å². The molecule has 5 nitrogen and oxygen atoms in total. The number of benzene rings is 1. The van der Waals surface area contributed by atoms with Crippen molar-refractivity contribution in [3.05, 3.63) is 34.6 Å². The monoisotopic (exact) mass is 387 g/mol. The normalized spacial score (nSPS) is 20.4. The summed E-state index contributed by atoms with van der Waals surface area (Å²) in [7, 11) is 0. The smallest absolute Gasteiger partial charge is 0.262 e. The van der Waals surface area contributed by atoms with Gasteiger partial charge in [0.25, 0.3) is 5.56 Å². The van der Waals surface area contributed by atoms with E-state index in [9.17, 15) is 9.59 Å². The van der Waals surface area contributed by atoms with Crippen molar-refractivity contribution in [1.82, 2.24) is 14.5 Å².